The van der Waals surface area contributed by atoms with Gasteiger partial charge in [0.2, 0.25) is 5.91 Å². The van der Waals surface area contributed by atoms with Crippen LogP contribution in [-0.4, -0.2) is 48.9 Å². The van der Waals surface area contributed by atoms with Crippen molar-refractivity contribution in [1.82, 2.24) is 24.6 Å². The van der Waals surface area contributed by atoms with E-state index in [9.17, 15) is 4.79 Å². The summed E-state index contributed by atoms with van der Waals surface area (Å²) in [5.74, 6) is 0.138. The van der Waals surface area contributed by atoms with Gasteiger partial charge in [0, 0.05) is 23.8 Å². The van der Waals surface area contributed by atoms with E-state index in [0.29, 0.717) is 27.6 Å². The molecule has 3 heterocycles. The van der Waals surface area contributed by atoms with Crippen LogP contribution in [0.1, 0.15) is 31.9 Å². The van der Waals surface area contributed by atoms with Crippen LogP contribution in [0.15, 0.2) is 29.4 Å². The van der Waals surface area contributed by atoms with E-state index in [1.807, 2.05) is 30.9 Å². The third kappa shape index (κ3) is 3.79. The number of benzene rings is 1. The molecular formula is C20H23ClN6OS. The number of thioether (sulfide) groups is 1. The maximum Gasteiger partial charge on any atom is 0.236 e. The molecular weight excluding hydrogens is 408 g/mol. The van der Waals surface area contributed by atoms with Crippen molar-refractivity contribution in [1.29, 1.82) is 5.41 Å². The number of likely N-dealkylation sites (tertiary alicyclic amines) is 1. The zero-order valence-corrected chi connectivity index (χ0v) is 18.0. The number of carbonyl (C=O) groups excluding carboxylic acids is 1. The summed E-state index contributed by atoms with van der Waals surface area (Å²) < 4.78 is 1.75. The Balaban J connectivity index is 1.83. The zero-order valence-electron chi connectivity index (χ0n) is 16.4. The summed E-state index contributed by atoms with van der Waals surface area (Å²) in [7, 11) is 0. The van der Waals surface area contributed by atoms with Crippen LogP contribution in [0.5, 0.6) is 0 Å². The lowest BCUT2D eigenvalue weighted by molar-refractivity contribution is -0.129. The first-order chi connectivity index (χ1) is 14.0. The average Bonchev–Trinajstić information content (AvgIpc) is 3.36. The van der Waals surface area contributed by atoms with Crippen molar-refractivity contribution in [2.75, 3.05) is 13.1 Å². The third-order valence-electron chi connectivity index (χ3n) is 5.16. The van der Waals surface area contributed by atoms with Gasteiger partial charge >= 0.3 is 0 Å². The molecule has 29 heavy (non-hydrogen) atoms. The molecule has 0 aliphatic carbocycles. The number of fused-ring (bicyclic) bond motifs is 1. The van der Waals surface area contributed by atoms with Gasteiger partial charge in [0.15, 0.2) is 10.8 Å². The van der Waals surface area contributed by atoms with Crippen molar-refractivity contribution in [3.8, 4) is 5.69 Å². The van der Waals surface area contributed by atoms with Crippen molar-refractivity contribution in [3.05, 3.63) is 40.5 Å². The van der Waals surface area contributed by atoms with Gasteiger partial charge in [-0.2, -0.15) is 5.10 Å². The third-order valence-corrected chi connectivity index (χ3v) is 6.70. The van der Waals surface area contributed by atoms with E-state index in [-0.39, 0.29) is 16.6 Å². The maximum atomic E-state index is 13.0. The minimum atomic E-state index is -0.261. The monoisotopic (exact) mass is 430 g/mol. The number of hydrogen-bond donors (Lipinski definition) is 2. The highest BCUT2D eigenvalue weighted by molar-refractivity contribution is 8.00. The molecule has 7 nitrogen and oxygen atoms in total. The standard InChI is InChI=1S/C20H23ClN6OS/c1-3-15(19(28)26-9-4-5-10-26)29-20-23-18-16(12(2)24-25-18)17(22)27(20)14-8-6-7-13(21)11-14/h6-8,11,15,22H,3-5,9-10H2,1-2H3,(H,24,25). The highest BCUT2D eigenvalue weighted by Gasteiger charge is 2.28. The molecule has 1 aromatic carbocycles. The van der Waals surface area contributed by atoms with Crippen molar-refractivity contribution >= 4 is 40.3 Å². The second-order valence-electron chi connectivity index (χ2n) is 7.15. The fourth-order valence-corrected chi connectivity index (χ4v) is 4.94. The number of aromatic amines is 1. The van der Waals surface area contributed by atoms with Crippen LogP contribution < -0.4 is 5.49 Å². The predicted molar refractivity (Wildman–Crippen MR) is 115 cm³/mol. The second-order valence-corrected chi connectivity index (χ2v) is 8.76. The lowest BCUT2D eigenvalue weighted by Crippen LogP contribution is -2.35. The summed E-state index contributed by atoms with van der Waals surface area (Å²) in [5, 5.41) is 17.5. The van der Waals surface area contributed by atoms with E-state index in [0.717, 1.165) is 37.3 Å². The summed E-state index contributed by atoms with van der Waals surface area (Å²) in [6.45, 7) is 5.52. The van der Waals surface area contributed by atoms with Crippen LogP contribution in [0.25, 0.3) is 16.7 Å². The number of H-pyrrole nitrogens is 1. The number of nitrogens with zero attached hydrogens (tertiary/aromatic N) is 4. The Hall–Kier alpha value is -2.32. The topological polar surface area (TPSA) is 90.7 Å². The van der Waals surface area contributed by atoms with Crippen LogP contribution in [0, 0.1) is 12.3 Å². The van der Waals surface area contributed by atoms with Gasteiger partial charge in [-0.25, -0.2) is 4.98 Å². The lowest BCUT2D eigenvalue weighted by atomic mass is 10.3. The Kier molecular flexibility index (Phi) is 5.65. The van der Waals surface area contributed by atoms with Crippen molar-refractivity contribution < 1.29 is 4.79 Å². The number of aryl methyl sites for hydroxylation is 1. The van der Waals surface area contributed by atoms with E-state index < -0.39 is 0 Å². The van der Waals surface area contributed by atoms with E-state index >= 15 is 0 Å². The fraction of sp³-hybridized carbons (Fsp3) is 0.400. The van der Waals surface area contributed by atoms with Crippen LogP contribution in [-0.2, 0) is 4.79 Å². The number of nitrogens with one attached hydrogen (secondary N) is 2. The highest BCUT2D eigenvalue weighted by Crippen LogP contribution is 2.29. The van der Waals surface area contributed by atoms with Gasteiger partial charge in [-0.05, 0) is 44.4 Å². The molecule has 2 aromatic heterocycles. The molecule has 0 radical (unpaired) electrons. The highest BCUT2D eigenvalue weighted by atomic mass is 35.5. The molecule has 1 aliphatic heterocycles. The van der Waals surface area contributed by atoms with Crippen molar-refractivity contribution in [3.63, 3.8) is 0 Å². The van der Waals surface area contributed by atoms with Gasteiger partial charge in [-0.15, -0.1) is 0 Å². The van der Waals surface area contributed by atoms with Crippen LogP contribution >= 0.6 is 23.4 Å². The summed E-state index contributed by atoms with van der Waals surface area (Å²) in [4.78, 5) is 19.7. The quantitative estimate of drug-likeness (QED) is 0.477. The van der Waals surface area contributed by atoms with Crippen LogP contribution in [0.2, 0.25) is 5.02 Å². The van der Waals surface area contributed by atoms with Gasteiger partial charge in [0.1, 0.15) is 5.49 Å². The minimum Gasteiger partial charge on any atom is -0.342 e. The van der Waals surface area contributed by atoms with Gasteiger partial charge in [0.05, 0.1) is 16.3 Å². The number of amides is 1. The molecule has 0 spiro atoms. The second kappa shape index (κ2) is 8.20. The number of aromatic nitrogens is 4. The minimum absolute atomic E-state index is 0.138. The SMILES string of the molecule is CCC(Sc1nc2n[nH]c(C)c2c(=N)n1-c1cccc(Cl)c1)C(=O)N1CCCC1. The molecule has 4 rings (SSSR count). The molecule has 1 aliphatic rings. The van der Waals surface area contributed by atoms with Gasteiger partial charge in [-0.3, -0.25) is 19.9 Å². The van der Waals surface area contributed by atoms with E-state index in [4.69, 9.17) is 22.0 Å². The summed E-state index contributed by atoms with van der Waals surface area (Å²) in [6.07, 6.45) is 2.80. The fourth-order valence-electron chi connectivity index (χ4n) is 3.64. The number of hydrogen-bond acceptors (Lipinski definition) is 5. The number of rotatable bonds is 5. The summed E-state index contributed by atoms with van der Waals surface area (Å²) in [5.41, 5.74) is 2.28. The predicted octanol–water partition coefficient (Wildman–Crippen LogP) is 3.68. The zero-order chi connectivity index (χ0) is 20.5. The molecule has 3 aromatic rings. The largest absolute Gasteiger partial charge is 0.342 e. The van der Waals surface area contributed by atoms with E-state index in [1.54, 1.807) is 16.7 Å². The Bertz CT molecular complexity index is 1120. The Morgan fingerprint density at radius 2 is 2.14 bits per heavy atom. The first-order valence-electron chi connectivity index (χ1n) is 9.73. The maximum absolute atomic E-state index is 13.0. The number of halogens is 1. The Labute approximate surface area is 178 Å². The molecule has 0 saturated carbocycles. The molecule has 1 saturated heterocycles. The van der Waals surface area contributed by atoms with Crippen molar-refractivity contribution in [2.45, 2.75) is 43.5 Å². The number of carbonyl (C=O) groups is 1. The lowest BCUT2D eigenvalue weighted by Gasteiger charge is -2.23. The first kappa shape index (κ1) is 20.0. The smallest absolute Gasteiger partial charge is 0.236 e. The molecule has 1 fully saturated rings. The molecule has 1 amide bonds. The molecule has 9 heteroatoms. The Morgan fingerprint density at radius 3 is 2.83 bits per heavy atom. The first-order valence-corrected chi connectivity index (χ1v) is 11.0. The Morgan fingerprint density at radius 1 is 1.38 bits per heavy atom. The molecule has 0 bridgehead atoms. The van der Waals surface area contributed by atoms with E-state index in [1.165, 1.54) is 11.8 Å². The van der Waals surface area contributed by atoms with Gasteiger partial charge < -0.3 is 4.90 Å². The summed E-state index contributed by atoms with van der Waals surface area (Å²) in [6, 6.07) is 7.33. The normalized spacial score (nSPS) is 15.2. The average molecular weight is 431 g/mol. The molecule has 2 N–H and O–H groups in total. The van der Waals surface area contributed by atoms with Crippen molar-refractivity contribution in [2.24, 2.45) is 0 Å². The molecule has 1 unspecified atom stereocenters. The van der Waals surface area contributed by atoms with Crippen LogP contribution in [0.4, 0.5) is 0 Å². The van der Waals surface area contributed by atoms with Crippen LogP contribution in [0.3, 0.4) is 0 Å². The van der Waals surface area contributed by atoms with Gasteiger partial charge in [-0.1, -0.05) is 36.4 Å². The van der Waals surface area contributed by atoms with E-state index in [2.05, 4.69) is 10.2 Å². The molecule has 1 atom stereocenters. The molecule has 152 valence electrons. The summed E-state index contributed by atoms with van der Waals surface area (Å²) >= 11 is 7.61. The van der Waals surface area contributed by atoms with Gasteiger partial charge in [0.25, 0.3) is 0 Å².